The Labute approximate surface area is 178 Å². The molecule has 2 aliphatic heterocycles. The molecule has 1 aromatic rings. The van der Waals surface area contributed by atoms with E-state index < -0.39 is 51.8 Å². The van der Waals surface area contributed by atoms with Crippen molar-refractivity contribution in [1.82, 2.24) is 10.2 Å². The zero-order valence-corrected chi connectivity index (χ0v) is 17.6. The molecular formula is C20H20N2O8S. The molecule has 31 heavy (non-hydrogen) atoms. The first-order valence-corrected chi connectivity index (χ1v) is 10.7. The van der Waals surface area contributed by atoms with Gasteiger partial charge in [0.1, 0.15) is 11.7 Å². The number of hydrogen-bond donors (Lipinski definition) is 1. The third kappa shape index (κ3) is 4.08. The van der Waals surface area contributed by atoms with Crippen LogP contribution >= 0.6 is 0 Å². The number of benzene rings is 1. The molecule has 1 N–H and O–H groups in total. The summed E-state index contributed by atoms with van der Waals surface area (Å²) in [5, 5.41) is 0.907. The van der Waals surface area contributed by atoms with Crippen molar-refractivity contribution in [2.75, 3.05) is 6.79 Å². The van der Waals surface area contributed by atoms with Crippen molar-refractivity contribution in [1.29, 1.82) is 0 Å². The van der Waals surface area contributed by atoms with Gasteiger partial charge in [0.25, 0.3) is 5.91 Å². The number of nitrogens with zero attached hydrogens (tertiary/aromatic N) is 1. The third-order valence-electron chi connectivity index (χ3n) is 4.89. The molecule has 11 heteroatoms. The lowest BCUT2D eigenvalue weighted by Gasteiger charge is -2.49. The number of hydrogen-bond acceptors (Lipinski definition) is 8. The molecule has 0 spiro atoms. The average Bonchev–Trinajstić information content (AvgIpc) is 2.70. The van der Waals surface area contributed by atoms with Gasteiger partial charge in [0.2, 0.25) is 22.5 Å². The van der Waals surface area contributed by atoms with Gasteiger partial charge in [-0.1, -0.05) is 36.9 Å². The van der Waals surface area contributed by atoms with Crippen molar-refractivity contribution in [3.63, 3.8) is 0 Å². The molecule has 2 aliphatic rings. The lowest BCUT2D eigenvalue weighted by atomic mass is 10.0. The molecule has 1 aromatic carbocycles. The highest BCUT2D eigenvalue weighted by Gasteiger charge is 2.61. The van der Waals surface area contributed by atoms with Gasteiger partial charge in [-0.25, -0.2) is 13.2 Å². The normalized spacial score (nSPS) is 21.7. The predicted octanol–water partition coefficient (Wildman–Crippen LogP) is 0.162. The summed E-state index contributed by atoms with van der Waals surface area (Å²) in [6.07, 6.45) is -0.0511. The molecule has 1 fully saturated rings. The van der Waals surface area contributed by atoms with Crippen molar-refractivity contribution in [3.8, 4) is 0 Å². The average molecular weight is 448 g/mol. The summed E-state index contributed by atoms with van der Waals surface area (Å²) in [5.74, 6) is -3.06. The smallest absolute Gasteiger partial charge is 0.358 e. The molecule has 1 saturated heterocycles. The number of fused-ring (bicyclic) bond motifs is 1. The third-order valence-corrected chi connectivity index (χ3v) is 7.00. The second kappa shape index (κ2) is 8.34. The van der Waals surface area contributed by atoms with Gasteiger partial charge in [-0.3, -0.25) is 19.3 Å². The van der Waals surface area contributed by atoms with E-state index in [-0.39, 0.29) is 22.6 Å². The maximum atomic E-state index is 12.9. The Morgan fingerprint density at radius 1 is 1.16 bits per heavy atom. The highest BCUT2D eigenvalue weighted by molar-refractivity contribution is 7.96. The van der Waals surface area contributed by atoms with E-state index in [2.05, 4.69) is 16.6 Å². The van der Waals surface area contributed by atoms with Crippen LogP contribution in [0.5, 0.6) is 0 Å². The molecule has 2 amide bonds. The lowest BCUT2D eigenvalue weighted by molar-refractivity contribution is -0.166. The van der Waals surface area contributed by atoms with Gasteiger partial charge in [-0.15, -0.1) is 0 Å². The number of nitrogens with one attached hydrogen (secondary N) is 1. The van der Waals surface area contributed by atoms with Crippen LogP contribution in [0, 0.1) is 0 Å². The molecule has 0 aromatic heterocycles. The maximum absolute atomic E-state index is 12.9. The largest absolute Gasteiger partial charge is 0.428 e. The standard InChI is InChI=1S/C20H20N2O8S/c1-11-12(2)31(27,28)19-16(21-15(24)9-14-7-5-4-6-8-14)18(25)22(19)17(11)20(26)30-10-29-13(3)23/h4-8,16,19H,2,9-10H2,1,3H3,(H,21,24)/t16-,19-/m1/s1. The first-order chi connectivity index (χ1) is 14.6. The van der Waals surface area contributed by atoms with Crippen molar-refractivity contribution in [2.45, 2.75) is 31.7 Å². The van der Waals surface area contributed by atoms with E-state index in [1.807, 2.05) is 0 Å². The molecule has 0 aliphatic carbocycles. The monoisotopic (exact) mass is 448 g/mol. The first kappa shape index (κ1) is 22.2. The summed E-state index contributed by atoms with van der Waals surface area (Å²) >= 11 is 0. The van der Waals surface area contributed by atoms with Crippen LogP contribution in [0.1, 0.15) is 19.4 Å². The molecule has 164 valence electrons. The molecule has 3 rings (SSSR count). The molecular weight excluding hydrogens is 428 g/mol. The predicted molar refractivity (Wildman–Crippen MR) is 106 cm³/mol. The highest BCUT2D eigenvalue weighted by atomic mass is 32.2. The Kier molecular flexibility index (Phi) is 5.98. The molecule has 0 saturated carbocycles. The minimum absolute atomic E-state index is 0.0511. The molecule has 2 atom stereocenters. The van der Waals surface area contributed by atoms with E-state index in [1.165, 1.54) is 6.92 Å². The first-order valence-electron chi connectivity index (χ1n) is 9.16. The second-order valence-electron chi connectivity index (χ2n) is 6.93. The van der Waals surface area contributed by atoms with Gasteiger partial charge in [0, 0.05) is 6.92 Å². The number of sulfone groups is 1. The second-order valence-corrected chi connectivity index (χ2v) is 9.00. The van der Waals surface area contributed by atoms with E-state index in [9.17, 15) is 27.6 Å². The molecule has 2 heterocycles. The zero-order valence-electron chi connectivity index (χ0n) is 16.8. The van der Waals surface area contributed by atoms with E-state index >= 15 is 0 Å². The van der Waals surface area contributed by atoms with Crippen molar-refractivity contribution in [3.05, 3.63) is 58.6 Å². The fourth-order valence-electron chi connectivity index (χ4n) is 3.32. The molecule has 10 nitrogen and oxygen atoms in total. The Morgan fingerprint density at radius 3 is 2.42 bits per heavy atom. The van der Waals surface area contributed by atoms with Crippen LogP contribution in [0.15, 0.2) is 53.1 Å². The number of esters is 2. The van der Waals surface area contributed by atoms with Crippen LogP contribution < -0.4 is 5.32 Å². The molecule has 0 radical (unpaired) electrons. The summed E-state index contributed by atoms with van der Waals surface area (Å²) < 4.78 is 35.1. The Balaban J connectivity index is 1.81. The van der Waals surface area contributed by atoms with Gasteiger partial charge in [-0.05, 0) is 18.1 Å². The Hall–Kier alpha value is -3.47. The van der Waals surface area contributed by atoms with Crippen LogP contribution in [0.3, 0.4) is 0 Å². The Morgan fingerprint density at radius 2 is 1.81 bits per heavy atom. The van der Waals surface area contributed by atoms with Crippen molar-refractivity contribution in [2.24, 2.45) is 0 Å². The summed E-state index contributed by atoms with van der Waals surface area (Å²) in [5.41, 5.74) is 0.298. The molecule has 0 unspecified atom stereocenters. The van der Waals surface area contributed by atoms with E-state index in [4.69, 9.17) is 4.74 Å². The highest BCUT2D eigenvalue weighted by Crippen LogP contribution is 2.41. The fourth-order valence-corrected chi connectivity index (χ4v) is 5.16. The maximum Gasteiger partial charge on any atom is 0.358 e. The Bertz CT molecular complexity index is 1110. The number of rotatable bonds is 6. The quantitative estimate of drug-likeness (QED) is 0.369. The molecule has 0 bridgehead atoms. The van der Waals surface area contributed by atoms with E-state index in [0.717, 1.165) is 11.8 Å². The van der Waals surface area contributed by atoms with E-state index in [1.54, 1.807) is 30.3 Å². The number of amides is 2. The van der Waals surface area contributed by atoms with Crippen LogP contribution in [0.4, 0.5) is 0 Å². The van der Waals surface area contributed by atoms with Crippen LogP contribution in [0.25, 0.3) is 0 Å². The van der Waals surface area contributed by atoms with Crippen molar-refractivity contribution < 1.29 is 37.1 Å². The lowest BCUT2D eigenvalue weighted by Crippen LogP contribution is -2.74. The summed E-state index contributed by atoms with van der Waals surface area (Å²) in [4.78, 5) is 48.8. The van der Waals surface area contributed by atoms with E-state index in [0.29, 0.717) is 5.56 Å². The van der Waals surface area contributed by atoms with Gasteiger partial charge >= 0.3 is 11.9 Å². The van der Waals surface area contributed by atoms with Crippen molar-refractivity contribution >= 4 is 33.6 Å². The minimum Gasteiger partial charge on any atom is -0.428 e. The van der Waals surface area contributed by atoms with Gasteiger partial charge in [0.05, 0.1) is 11.3 Å². The summed E-state index contributed by atoms with van der Waals surface area (Å²) in [6, 6.07) is 7.34. The number of β-lactam (4-membered cyclic amide) rings is 1. The number of allylic oxidation sites excluding steroid dienone is 1. The summed E-state index contributed by atoms with van der Waals surface area (Å²) in [7, 11) is -4.11. The van der Waals surface area contributed by atoms with Gasteiger partial charge in [-0.2, -0.15) is 0 Å². The number of carbonyl (C=O) groups is 4. The van der Waals surface area contributed by atoms with Crippen LogP contribution in [0.2, 0.25) is 0 Å². The zero-order chi connectivity index (χ0) is 22.9. The number of carbonyl (C=O) groups excluding carboxylic acids is 4. The SMILES string of the molecule is C=C1C(C)=C(C(=O)OCOC(C)=O)N2C(=O)[C@@H](NC(=O)Cc3ccccc3)[C@H]2S1(=O)=O. The van der Waals surface area contributed by atoms with Crippen LogP contribution in [-0.4, -0.2) is 55.3 Å². The topological polar surface area (TPSA) is 136 Å². The summed E-state index contributed by atoms with van der Waals surface area (Å²) in [6.45, 7) is 5.25. The van der Waals surface area contributed by atoms with Crippen LogP contribution in [-0.2, 0) is 44.9 Å². The fraction of sp³-hybridized carbons (Fsp3) is 0.300. The van der Waals surface area contributed by atoms with Gasteiger partial charge < -0.3 is 14.8 Å². The van der Waals surface area contributed by atoms with Gasteiger partial charge in [0.15, 0.2) is 5.37 Å². The number of ether oxygens (including phenoxy) is 2. The minimum atomic E-state index is -4.11.